The van der Waals surface area contributed by atoms with E-state index in [9.17, 15) is 9.59 Å². The number of carbonyl (C=O) groups excluding carboxylic acids is 2. The van der Waals surface area contributed by atoms with E-state index in [0.29, 0.717) is 14.9 Å². The number of hydrogen-bond donors (Lipinski definition) is 3. The van der Waals surface area contributed by atoms with Crippen LogP contribution in [-0.4, -0.2) is 25.5 Å². The summed E-state index contributed by atoms with van der Waals surface area (Å²) in [6, 6.07) is 10.1. The lowest BCUT2D eigenvalue weighted by Gasteiger charge is -2.21. The Bertz CT molecular complexity index is 906. The van der Waals surface area contributed by atoms with Crippen molar-refractivity contribution in [2.24, 2.45) is 0 Å². The second-order valence-corrected chi connectivity index (χ2v) is 7.33. The summed E-state index contributed by atoms with van der Waals surface area (Å²) in [6.07, 6.45) is 5.03. The zero-order valence-corrected chi connectivity index (χ0v) is 17.5. The Hall–Kier alpha value is -2.87. The second kappa shape index (κ2) is 11.2. The molecule has 1 atom stereocenters. The number of nitrogens with one attached hydrogen (secondary N) is 3. The molecule has 0 aliphatic rings. The molecule has 0 aliphatic carbocycles. The number of allylic oxidation sites excluding steroid dienone is 2. The molecule has 3 N–H and O–H groups in total. The number of halogens is 1. The van der Waals surface area contributed by atoms with Crippen LogP contribution >= 0.6 is 22.9 Å². The fourth-order valence-corrected chi connectivity index (χ4v) is 3.43. The predicted molar refractivity (Wildman–Crippen MR) is 118 cm³/mol. The van der Waals surface area contributed by atoms with Gasteiger partial charge in [-0.2, -0.15) is 0 Å². The van der Waals surface area contributed by atoms with E-state index in [1.165, 1.54) is 18.4 Å². The molecule has 1 aromatic carbocycles. The van der Waals surface area contributed by atoms with Gasteiger partial charge in [-0.1, -0.05) is 55.1 Å². The smallest absolute Gasteiger partial charge is 0.261 e. The molecule has 0 aliphatic heterocycles. The van der Waals surface area contributed by atoms with E-state index in [4.69, 9.17) is 16.4 Å². The molecular formula is C21H22ClN3O3S. The van der Waals surface area contributed by atoms with Crippen molar-refractivity contribution in [1.82, 2.24) is 10.6 Å². The third-order valence-corrected chi connectivity index (χ3v) is 5.06. The van der Waals surface area contributed by atoms with Crippen molar-refractivity contribution in [2.45, 2.75) is 6.04 Å². The summed E-state index contributed by atoms with van der Waals surface area (Å²) in [4.78, 5) is 30.0. The van der Waals surface area contributed by atoms with Gasteiger partial charge in [0.05, 0.1) is 24.6 Å². The van der Waals surface area contributed by atoms with Crippen LogP contribution < -0.4 is 16.1 Å². The SMILES string of the molecule is C=C/C=C(\C=C)C(NC(=O)CNC(=O)c1ccc(NOC)s1)c1ccc(Cl)cc1. The van der Waals surface area contributed by atoms with Crippen LogP contribution in [0.2, 0.25) is 5.02 Å². The van der Waals surface area contributed by atoms with Gasteiger partial charge in [0.15, 0.2) is 0 Å². The predicted octanol–water partition coefficient (Wildman–Crippen LogP) is 4.26. The fraction of sp³-hybridized carbons (Fsp3) is 0.143. The molecule has 0 bridgehead atoms. The first kappa shape index (κ1) is 22.4. The van der Waals surface area contributed by atoms with Crippen molar-refractivity contribution in [2.75, 3.05) is 19.1 Å². The number of anilines is 1. The van der Waals surface area contributed by atoms with E-state index in [1.807, 2.05) is 12.1 Å². The standard InChI is InChI=1S/C21H22ClN3O3S/c1-4-6-14(5-2)20(15-7-9-16(22)10-8-15)24-18(26)13-23-21(27)17-11-12-19(29-17)25-28-3/h4-12,20,25H,1-2,13H2,3H3,(H,23,27)(H,24,26)/b14-6+. The molecule has 0 saturated heterocycles. The van der Waals surface area contributed by atoms with Crippen LogP contribution in [0.25, 0.3) is 0 Å². The van der Waals surface area contributed by atoms with Gasteiger partial charge < -0.3 is 10.6 Å². The summed E-state index contributed by atoms with van der Waals surface area (Å²) in [6.45, 7) is 7.33. The van der Waals surface area contributed by atoms with Crippen LogP contribution in [0.3, 0.4) is 0 Å². The third-order valence-electron chi connectivity index (χ3n) is 3.83. The topological polar surface area (TPSA) is 79.5 Å². The summed E-state index contributed by atoms with van der Waals surface area (Å²) in [5, 5.41) is 6.81. The highest BCUT2D eigenvalue weighted by atomic mass is 35.5. The summed E-state index contributed by atoms with van der Waals surface area (Å²) in [7, 11) is 1.49. The Morgan fingerprint density at radius 2 is 1.93 bits per heavy atom. The summed E-state index contributed by atoms with van der Waals surface area (Å²) >= 11 is 7.18. The number of rotatable bonds is 10. The minimum Gasteiger partial charge on any atom is -0.344 e. The van der Waals surface area contributed by atoms with Gasteiger partial charge in [-0.25, -0.2) is 0 Å². The molecule has 2 aromatic rings. The zero-order valence-electron chi connectivity index (χ0n) is 15.9. The van der Waals surface area contributed by atoms with Crippen molar-refractivity contribution in [3.63, 3.8) is 0 Å². The molecule has 29 heavy (non-hydrogen) atoms. The maximum Gasteiger partial charge on any atom is 0.261 e. The average molecular weight is 432 g/mol. The summed E-state index contributed by atoms with van der Waals surface area (Å²) < 4.78 is 0. The highest BCUT2D eigenvalue weighted by Gasteiger charge is 2.18. The number of carbonyl (C=O) groups is 2. The first-order valence-corrected chi connectivity index (χ1v) is 9.84. The van der Waals surface area contributed by atoms with Gasteiger partial charge in [0.25, 0.3) is 5.91 Å². The molecule has 2 amide bonds. The molecule has 0 fully saturated rings. The van der Waals surface area contributed by atoms with Gasteiger partial charge >= 0.3 is 0 Å². The molecule has 2 rings (SSSR count). The van der Waals surface area contributed by atoms with Gasteiger partial charge in [-0.05, 0) is 35.4 Å². The van der Waals surface area contributed by atoms with E-state index in [-0.39, 0.29) is 18.4 Å². The van der Waals surface area contributed by atoms with E-state index >= 15 is 0 Å². The number of amides is 2. The summed E-state index contributed by atoms with van der Waals surface area (Å²) in [5.41, 5.74) is 4.24. The van der Waals surface area contributed by atoms with Crippen LogP contribution in [-0.2, 0) is 9.63 Å². The lowest BCUT2D eigenvalue weighted by atomic mass is 9.98. The van der Waals surface area contributed by atoms with Crippen molar-refractivity contribution >= 4 is 39.8 Å². The van der Waals surface area contributed by atoms with E-state index < -0.39 is 6.04 Å². The first-order valence-electron chi connectivity index (χ1n) is 8.65. The van der Waals surface area contributed by atoms with Crippen LogP contribution in [0.1, 0.15) is 21.3 Å². The van der Waals surface area contributed by atoms with Crippen LogP contribution in [0.4, 0.5) is 5.00 Å². The number of benzene rings is 1. The largest absolute Gasteiger partial charge is 0.344 e. The maximum atomic E-state index is 12.5. The van der Waals surface area contributed by atoms with Crippen molar-refractivity contribution < 1.29 is 14.4 Å². The molecule has 152 valence electrons. The Balaban J connectivity index is 2.05. The second-order valence-electron chi connectivity index (χ2n) is 5.81. The fourth-order valence-electron chi connectivity index (χ4n) is 2.51. The third kappa shape index (κ3) is 6.60. The Kier molecular flexibility index (Phi) is 8.67. The minimum absolute atomic E-state index is 0.174. The van der Waals surface area contributed by atoms with Gasteiger partial charge in [0.2, 0.25) is 5.91 Å². The maximum absolute atomic E-state index is 12.5. The van der Waals surface area contributed by atoms with Gasteiger partial charge in [-0.3, -0.25) is 19.9 Å². The number of thiophene rings is 1. The highest BCUT2D eigenvalue weighted by Crippen LogP contribution is 2.24. The lowest BCUT2D eigenvalue weighted by Crippen LogP contribution is -2.39. The van der Waals surface area contributed by atoms with Gasteiger partial charge in [0.1, 0.15) is 5.00 Å². The molecule has 6 nitrogen and oxygen atoms in total. The first-order chi connectivity index (χ1) is 14.0. The average Bonchev–Trinajstić information content (AvgIpc) is 3.18. The van der Waals surface area contributed by atoms with Gasteiger partial charge in [-0.15, -0.1) is 11.3 Å². The van der Waals surface area contributed by atoms with Crippen LogP contribution in [0.5, 0.6) is 0 Å². The van der Waals surface area contributed by atoms with E-state index in [2.05, 4.69) is 29.3 Å². The van der Waals surface area contributed by atoms with Crippen LogP contribution in [0.15, 0.2) is 73.4 Å². The molecule has 1 unspecified atom stereocenters. The quantitative estimate of drug-likeness (QED) is 0.388. The Morgan fingerprint density at radius 3 is 2.55 bits per heavy atom. The Morgan fingerprint density at radius 1 is 1.21 bits per heavy atom. The highest BCUT2D eigenvalue weighted by molar-refractivity contribution is 7.17. The normalized spacial score (nSPS) is 12.0. The zero-order chi connectivity index (χ0) is 21.2. The summed E-state index contributed by atoms with van der Waals surface area (Å²) in [5.74, 6) is -0.690. The van der Waals surface area contributed by atoms with Crippen molar-refractivity contribution in [1.29, 1.82) is 0 Å². The van der Waals surface area contributed by atoms with E-state index in [1.54, 1.807) is 42.5 Å². The molecule has 0 saturated carbocycles. The lowest BCUT2D eigenvalue weighted by molar-refractivity contribution is -0.120. The monoisotopic (exact) mass is 431 g/mol. The molecular weight excluding hydrogens is 410 g/mol. The minimum atomic E-state index is -0.452. The molecule has 0 spiro atoms. The molecule has 1 aromatic heterocycles. The van der Waals surface area contributed by atoms with Crippen LogP contribution in [0, 0.1) is 0 Å². The molecule has 0 radical (unpaired) electrons. The van der Waals surface area contributed by atoms with Gasteiger partial charge in [0, 0.05) is 5.02 Å². The Labute approximate surface area is 178 Å². The van der Waals surface area contributed by atoms with Crippen molar-refractivity contribution in [3.8, 4) is 0 Å². The molecule has 8 heteroatoms. The number of hydrogen-bond acceptors (Lipinski definition) is 5. The van der Waals surface area contributed by atoms with Crippen molar-refractivity contribution in [3.05, 3.63) is 88.8 Å². The van der Waals surface area contributed by atoms with E-state index in [0.717, 1.165) is 11.1 Å². The molecule has 1 heterocycles.